The van der Waals surface area contributed by atoms with Gasteiger partial charge in [-0.05, 0) is 45.0 Å². The van der Waals surface area contributed by atoms with E-state index < -0.39 is 5.97 Å². The predicted molar refractivity (Wildman–Crippen MR) is 114 cm³/mol. The summed E-state index contributed by atoms with van der Waals surface area (Å²) in [7, 11) is 0. The molecule has 0 atom stereocenters. The second kappa shape index (κ2) is 10.1. The van der Waals surface area contributed by atoms with Crippen LogP contribution < -0.4 is 15.5 Å². The molecule has 2 heterocycles. The van der Waals surface area contributed by atoms with Gasteiger partial charge in [-0.1, -0.05) is 11.8 Å². The number of thioether (sulfide) groups is 1. The number of carbonyl (C=O) groups excluding carboxylic acids is 2. The summed E-state index contributed by atoms with van der Waals surface area (Å²) in [4.78, 5) is 26.0. The van der Waals surface area contributed by atoms with Gasteiger partial charge in [0.1, 0.15) is 0 Å². The minimum Gasteiger partial charge on any atom is -0.463 e. The van der Waals surface area contributed by atoms with Crippen molar-refractivity contribution >= 4 is 29.4 Å². The monoisotopic (exact) mass is 431 g/mol. The SMILES string of the molecule is CCOC(=O)C1=C(CSc2nnc(-c3ccc(N(CC)CC)cc3)o2)NC(=O)NC1. The quantitative estimate of drug-likeness (QED) is 0.461. The van der Waals surface area contributed by atoms with Crippen molar-refractivity contribution in [2.45, 2.75) is 26.0 Å². The number of rotatable bonds is 9. The number of aromatic nitrogens is 2. The first-order valence-electron chi connectivity index (χ1n) is 9.81. The van der Waals surface area contributed by atoms with Gasteiger partial charge in [-0.25, -0.2) is 9.59 Å². The van der Waals surface area contributed by atoms with Crippen LogP contribution in [0.4, 0.5) is 10.5 Å². The number of nitrogens with zero attached hydrogens (tertiary/aromatic N) is 3. The fourth-order valence-corrected chi connectivity index (χ4v) is 3.74. The minimum absolute atomic E-state index is 0.120. The highest BCUT2D eigenvalue weighted by Crippen LogP contribution is 2.27. The third-order valence-electron chi connectivity index (χ3n) is 4.57. The molecule has 0 spiro atoms. The van der Waals surface area contributed by atoms with Crippen LogP contribution in [-0.2, 0) is 9.53 Å². The van der Waals surface area contributed by atoms with Crippen LogP contribution >= 0.6 is 11.8 Å². The molecule has 160 valence electrons. The van der Waals surface area contributed by atoms with Crippen molar-refractivity contribution in [3.63, 3.8) is 0 Å². The molecule has 0 fully saturated rings. The lowest BCUT2D eigenvalue weighted by molar-refractivity contribution is -0.138. The Balaban J connectivity index is 1.69. The van der Waals surface area contributed by atoms with Gasteiger partial charge in [0.15, 0.2) is 0 Å². The Kier molecular flexibility index (Phi) is 7.34. The average Bonchev–Trinajstić information content (AvgIpc) is 3.23. The zero-order chi connectivity index (χ0) is 21.5. The summed E-state index contributed by atoms with van der Waals surface area (Å²) in [5, 5.41) is 13.7. The van der Waals surface area contributed by atoms with E-state index >= 15 is 0 Å². The van der Waals surface area contributed by atoms with Crippen molar-refractivity contribution in [1.82, 2.24) is 20.8 Å². The number of hydrogen-bond acceptors (Lipinski definition) is 8. The zero-order valence-electron chi connectivity index (χ0n) is 17.2. The zero-order valence-corrected chi connectivity index (χ0v) is 18.0. The molecule has 30 heavy (non-hydrogen) atoms. The van der Waals surface area contributed by atoms with E-state index in [0.29, 0.717) is 28.1 Å². The van der Waals surface area contributed by atoms with Gasteiger partial charge in [-0.15, -0.1) is 10.2 Å². The molecule has 2 amide bonds. The fraction of sp³-hybridized carbons (Fsp3) is 0.400. The van der Waals surface area contributed by atoms with Crippen LogP contribution in [0.1, 0.15) is 20.8 Å². The normalized spacial score (nSPS) is 13.6. The average molecular weight is 432 g/mol. The van der Waals surface area contributed by atoms with Gasteiger partial charge in [0.05, 0.1) is 18.7 Å². The summed E-state index contributed by atoms with van der Waals surface area (Å²) in [6.45, 7) is 8.22. The molecule has 1 aliphatic rings. The Morgan fingerprint density at radius 3 is 2.60 bits per heavy atom. The standard InChI is InChI=1S/C20H25N5O4S/c1-4-25(5-2)14-9-7-13(8-10-14)17-23-24-20(29-17)30-12-16-15(18(26)28-6-3)11-21-19(27)22-16/h7-10H,4-6,11-12H2,1-3H3,(H2,21,22,27). The van der Waals surface area contributed by atoms with Crippen molar-refractivity contribution in [3.05, 3.63) is 35.5 Å². The van der Waals surface area contributed by atoms with Gasteiger partial charge in [0.2, 0.25) is 5.89 Å². The maximum absolute atomic E-state index is 12.1. The molecule has 9 nitrogen and oxygen atoms in total. The Bertz CT molecular complexity index is 922. The third kappa shape index (κ3) is 5.12. The lowest BCUT2D eigenvalue weighted by atomic mass is 10.2. The fourth-order valence-electron chi connectivity index (χ4n) is 2.99. The molecule has 10 heteroatoms. The van der Waals surface area contributed by atoms with Gasteiger partial charge in [-0.2, -0.15) is 0 Å². The van der Waals surface area contributed by atoms with E-state index in [9.17, 15) is 9.59 Å². The maximum Gasteiger partial charge on any atom is 0.337 e. The van der Waals surface area contributed by atoms with Crippen LogP contribution in [0.5, 0.6) is 0 Å². The van der Waals surface area contributed by atoms with Gasteiger partial charge in [0.25, 0.3) is 5.22 Å². The predicted octanol–water partition coefficient (Wildman–Crippen LogP) is 2.80. The first kappa shape index (κ1) is 21.7. The second-order valence-corrected chi connectivity index (χ2v) is 7.29. The third-order valence-corrected chi connectivity index (χ3v) is 5.41. The molecule has 0 saturated carbocycles. The first-order chi connectivity index (χ1) is 14.5. The lowest BCUT2D eigenvalue weighted by Gasteiger charge is -2.20. The Morgan fingerprint density at radius 2 is 1.93 bits per heavy atom. The van der Waals surface area contributed by atoms with Crippen LogP contribution in [-0.4, -0.2) is 54.2 Å². The van der Waals surface area contributed by atoms with Crippen LogP contribution in [0, 0.1) is 0 Å². The molecule has 3 rings (SSSR count). The molecular formula is C20H25N5O4S. The maximum atomic E-state index is 12.1. The summed E-state index contributed by atoms with van der Waals surface area (Å²) < 4.78 is 10.8. The van der Waals surface area contributed by atoms with Crippen LogP contribution in [0.2, 0.25) is 0 Å². The van der Waals surface area contributed by atoms with Crippen molar-refractivity contribution in [2.75, 3.05) is 36.9 Å². The lowest BCUT2D eigenvalue weighted by Crippen LogP contribution is -2.44. The number of benzene rings is 1. The van der Waals surface area contributed by atoms with Gasteiger partial charge in [0, 0.05) is 35.8 Å². The number of esters is 1. The topological polar surface area (TPSA) is 110 Å². The Morgan fingerprint density at radius 1 is 1.20 bits per heavy atom. The summed E-state index contributed by atoms with van der Waals surface area (Å²) >= 11 is 1.24. The van der Waals surface area contributed by atoms with E-state index in [1.807, 2.05) is 24.3 Å². The highest BCUT2D eigenvalue weighted by Gasteiger charge is 2.24. The summed E-state index contributed by atoms with van der Waals surface area (Å²) in [6, 6.07) is 7.59. The van der Waals surface area contributed by atoms with Crippen molar-refractivity contribution in [2.24, 2.45) is 0 Å². The van der Waals surface area contributed by atoms with E-state index in [-0.39, 0.29) is 19.2 Å². The minimum atomic E-state index is -0.458. The number of urea groups is 1. The van der Waals surface area contributed by atoms with Gasteiger partial charge in [-0.3, -0.25) is 0 Å². The smallest absolute Gasteiger partial charge is 0.337 e. The molecule has 0 saturated heterocycles. The Hall–Kier alpha value is -3.01. The molecule has 1 aromatic heterocycles. The van der Waals surface area contributed by atoms with Crippen LogP contribution in [0.3, 0.4) is 0 Å². The van der Waals surface area contributed by atoms with E-state index in [1.165, 1.54) is 11.8 Å². The first-order valence-corrected chi connectivity index (χ1v) is 10.8. The number of anilines is 1. The van der Waals surface area contributed by atoms with Crippen molar-refractivity contribution in [1.29, 1.82) is 0 Å². The molecule has 0 unspecified atom stereocenters. The second-order valence-electron chi connectivity index (χ2n) is 6.37. The summed E-state index contributed by atoms with van der Waals surface area (Å²) in [5.74, 6) is 0.252. The number of ether oxygens (including phenoxy) is 1. The van der Waals surface area contributed by atoms with Crippen molar-refractivity contribution < 1.29 is 18.7 Å². The molecule has 2 aromatic rings. The van der Waals surface area contributed by atoms with E-state index in [2.05, 4.69) is 39.6 Å². The molecule has 0 radical (unpaired) electrons. The van der Waals surface area contributed by atoms with Gasteiger partial charge >= 0.3 is 12.0 Å². The molecule has 0 aliphatic carbocycles. The van der Waals surface area contributed by atoms with Crippen LogP contribution in [0.15, 0.2) is 45.2 Å². The summed E-state index contributed by atoms with van der Waals surface area (Å²) in [6.07, 6.45) is 0. The number of hydrogen-bond donors (Lipinski definition) is 2. The van der Waals surface area contributed by atoms with Gasteiger partial charge < -0.3 is 24.7 Å². The van der Waals surface area contributed by atoms with Crippen LogP contribution in [0.25, 0.3) is 11.5 Å². The molecule has 1 aliphatic heterocycles. The number of amides is 2. The Labute approximate surface area is 179 Å². The summed E-state index contributed by atoms with van der Waals surface area (Å²) in [5.41, 5.74) is 2.83. The molecule has 0 bridgehead atoms. The molecular weight excluding hydrogens is 406 g/mol. The molecule has 1 aromatic carbocycles. The van der Waals surface area contributed by atoms with E-state index in [4.69, 9.17) is 9.15 Å². The number of nitrogens with one attached hydrogen (secondary N) is 2. The van der Waals surface area contributed by atoms with E-state index in [1.54, 1.807) is 6.92 Å². The highest BCUT2D eigenvalue weighted by molar-refractivity contribution is 7.99. The largest absolute Gasteiger partial charge is 0.463 e. The van der Waals surface area contributed by atoms with Crippen molar-refractivity contribution in [3.8, 4) is 11.5 Å². The highest BCUT2D eigenvalue weighted by atomic mass is 32.2. The molecule has 2 N–H and O–H groups in total. The number of carbonyl (C=O) groups is 2. The van der Waals surface area contributed by atoms with E-state index in [0.717, 1.165) is 24.3 Å².